The molecule has 1 atom stereocenters. The smallest absolute Gasteiger partial charge is 0.244 e. The van der Waals surface area contributed by atoms with Gasteiger partial charge >= 0.3 is 0 Å². The Hall–Kier alpha value is -2.71. The maximum atomic E-state index is 13.3. The number of amides is 1. The summed E-state index contributed by atoms with van der Waals surface area (Å²) in [5.41, 5.74) is 2.91. The molecule has 5 rings (SSSR count). The fraction of sp³-hybridized carbons (Fsp3) is 0.0800. The molecule has 0 radical (unpaired) electrons. The Morgan fingerprint density at radius 2 is 1.73 bits per heavy atom. The van der Waals surface area contributed by atoms with Gasteiger partial charge in [-0.3, -0.25) is 4.79 Å². The third-order valence-corrected chi connectivity index (χ3v) is 8.61. The molecule has 0 saturated carbocycles. The third kappa shape index (κ3) is 5.28. The van der Waals surface area contributed by atoms with Gasteiger partial charge in [0, 0.05) is 22.5 Å². The monoisotopic (exact) mass is 507 g/mol. The fourth-order valence-corrected chi connectivity index (χ4v) is 6.65. The second-order valence-electron chi connectivity index (χ2n) is 7.25. The zero-order valence-corrected chi connectivity index (χ0v) is 20.5. The van der Waals surface area contributed by atoms with Crippen molar-refractivity contribution in [1.82, 2.24) is 9.97 Å². The van der Waals surface area contributed by atoms with Crippen molar-refractivity contribution in [2.24, 2.45) is 0 Å². The van der Waals surface area contributed by atoms with Crippen LogP contribution in [0.2, 0.25) is 5.02 Å². The highest BCUT2D eigenvalue weighted by molar-refractivity contribution is 8.02. The number of rotatable bonds is 7. The number of carbonyl (C=O) groups excluding carboxylic acids is 1. The first kappa shape index (κ1) is 22.1. The van der Waals surface area contributed by atoms with E-state index in [0.29, 0.717) is 11.6 Å². The van der Waals surface area contributed by atoms with Crippen molar-refractivity contribution in [2.45, 2.75) is 16.0 Å². The summed E-state index contributed by atoms with van der Waals surface area (Å²) in [6, 6.07) is 25.5. The number of carbonyl (C=O) groups is 1. The number of hydrogen-bond donors (Lipinski definition) is 1. The first-order chi connectivity index (χ1) is 16.2. The molecule has 0 bridgehead atoms. The summed E-state index contributed by atoms with van der Waals surface area (Å²) < 4.78 is 1.97. The lowest BCUT2D eigenvalue weighted by Gasteiger charge is -2.14. The van der Waals surface area contributed by atoms with Crippen LogP contribution in [0.5, 0.6) is 0 Å². The minimum atomic E-state index is -0.442. The quantitative estimate of drug-likeness (QED) is 0.232. The van der Waals surface area contributed by atoms with Crippen molar-refractivity contribution in [2.75, 3.05) is 5.32 Å². The van der Waals surface area contributed by atoms with Gasteiger partial charge in [-0.15, -0.1) is 22.7 Å². The molecule has 0 fully saturated rings. The van der Waals surface area contributed by atoms with Crippen LogP contribution in [0.25, 0.3) is 10.2 Å². The molecule has 3 aromatic carbocycles. The van der Waals surface area contributed by atoms with Gasteiger partial charge in [0.1, 0.15) is 5.25 Å². The van der Waals surface area contributed by atoms with Crippen LogP contribution in [0, 0.1) is 0 Å². The Bertz CT molecular complexity index is 1370. The number of aromatic nitrogens is 2. The summed E-state index contributed by atoms with van der Waals surface area (Å²) >= 11 is 10.8. The van der Waals surface area contributed by atoms with E-state index in [0.717, 1.165) is 35.6 Å². The predicted octanol–water partition coefficient (Wildman–Crippen LogP) is 7.47. The topological polar surface area (TPSA) is 54.9 Å². The van der Waals surface area contributed by atoms with Crippen LogP contribution in [0.3, 0.4) is 0 Å². The van der Waals surface area contributed by atoms with Gasteiger partial charge in [-0.05, 0) is 29.3 Å². The number of nitrogens with one attached hydrogen (secondary N) is 1. The number of nitrogens with zero attached hydrogens (tertiary/aromatic N) is 2. The van der Waals surface area contributed by atoms with Gasteiger partial charge in [0.15, 0.2) is 9.47 Å². The van der Waals surface area contributed by atoms with Gasteiger partial charge < -0.3 is 5.32 Å². The molecule has 2 heterocycles. The second-order valence-corrected chi connectivity index (χ2v) is 11.2. The lowest BCUT2D eigenvalue weighted by Crippen LogP contribution is -2.18. The maximum absolute atomic E-state index is 13.3. The number of hydrogen-bond acceptors (Lipinski definition) is 6. The van der Waals surface area contributed by atoms with E-state index in [4.69, 9.17) is 16.6 Å². The molecule has 0 aliphatic heterocycles. The van der Waals surface area contributed by atoms with Crippen LogP contribution in [-0.4, -0.2) is 15.9 Å². The number of anilines is 1. The van der Waals surface area contributed by atoms with Crippen molar-refractivity contribution in [3.05, 3.63) is 106 Å². The van der Waals surface area contributed by atoms with Gasteiger partial charge in [0.25, 0.3) is 0 Å². The first-order valence-electron chi connectivity index (χ1n) is 10.2. The Kier molecular flexibility index (Phi) is 6.73. The molecule has 0 aliphatic carbocycles. The van der Waals surface area contributed by atoms with Crippen LogP contribution >= 0.6 is 46.0 Å². The van der Waals surface area contributed by atoms with E-state index in [1.54, 1.807) is 17.5 Å². The summed E-state index contributed by atoms with van der Waals surface area (Å²) in [7, 11) is 0. The van der Waals surface area contributed by atoms with Crippen LogP contribution in [-0.2, 0) is 11.2 Å². The fourth-order valence-electron chi connectivity index (χ4n) is 3.35. The summed E-state index contributed by atoms with van der Waals surface area (Å²) in [4.78, 5) is 23.5. The molecule has 0 unspecified atom stereocenters. The molecule has 4 nitrogen and oxygen atoms in total. The van der Waals surface area contributed by atoms with E-state index >= 15 is 0 Å². The summed E-state index contributed by atoms with van der Waals surface area (Å²) in [6.07, 6.45) is 2.47. The van der Waals surface area contributed by atoms with E-state index in [-0.39, 0.29) is 5.91 Å². The lowest BCUT2D eigenvalue weighted by atomic mass is 10.1. The number of thiazole rings is 2. The Balaban J connectivity index is 1.35. The Labute approximate surface area is 208 Å². The molecular weight excluding hydrogens is 490 g/mol. The standard InChI is InChI=1S/C25H18ClN3OS3/c26-19-11-5-4-10-17(19)14-18-15-27-24(31-18)29-23(30)22(16-8-2-1-3-9-16)33-25-28-20-12-6-7-13-21(20)32-25/h1-13,15,22H,14H2,(H,27,29,30)/t22-/m0/s1. The summed E-state index contributed by atoms with van der Waals surface area (Å²) in [5, 5.41) is 3.87. The number of benzene rings is 3. The zero-order valence-electron chi connectivity index (χ0n) is 17.3. The van der Waals surface area contributed by atoms with Gasteiger partial charge in [-0.2, -0.15) is 0 Å². The molecule has 0 saturated heterocycles. The highest BCUT2D eigenvalue weighted by Crippen LogP contribution is 2.40. The van der Waals surface area contributed by atoms with Crippen molar-refractivity contribution >= 4 is 67.3 Å². The molecule has 8 heteroatoms. The molecule has 2 aromatic heterocycles. The number of para-hydroxylation sites is 1. The summed E-state index contributed by atoms with van der Waals surface area (Å²) in [5.74, 6) is -0.121. The lowest BCUT2D eigenvalue weighted by molar-refractivity contribution is -0.115. The number of fused-ring (bicyclic) bond motifs is 1. The third-order valence-electron chi connectivity index (χ3n) is 4.94. The number of thioether (sulfide) groups is 1. The van der Waals surface area contributed by atoms with Crippen molar-refractivity contribution in [1.29, 1.82) is 0 Å². The van der Waals surface area contributed by atoms with Gasteiger partial charge in [-0.25, -0.2) is 9.97 Å². The maximum Gasteiger partial charge on any atom is 0.244 e. The molecule has 33 heavy (non-hydrogen) atoms. The molecule has 164 valence electrons. The van der Waals surface area contributed by atoms with Crippen LogP contribution in [0.15, 0.2) is 89.4 Å². The van der Waals surface area contributed by atoms with E-state index < -0.39 is 5.25 Å². The van der Waals surface area contributed by atoms with Crippen molar-refractivity contribution < 1.29 is 4.79 Å². The minimum absolute atomic E-state index is 0.121. The second kappa shape index (κ2) is 10.1. The van der Waals surface area contributed by atoms with Gasteiger partial charge in [-0.1, -0.05) is 84.0 Å². The van der Waals surface area contributed by atoms with E-state index in [1.807, 2.05) is 78.9 Å². The van der Waals surface area contributed by atoms with E-state index in [2.05, 4.69) is 10.3 Å². The number of halogens is 1. The van der Waals surface area contributed by atoms with Crippen molar-refractivity contribution in [3.8, 4) is 0 Å². The normalized spacial score (nSPS) is 12.0. The Morgan fingerprint density at radius 3 is 2.55 bits per heavy atom. The van der Waals surface area contributed by atoms with Crippen LogP contribution < -0.4 is 5.32 Å². The largest absolute Gasteiger partial charge is 0.301 e. The Morgan fingerprint density at radius 1 is 0.970 bits per heavy atom. The molecule has 1 N–H and O–H groups in total. The SMILES string of the molecule is O=C(Nc1ncc(Cc2ccccc2Cl)s1)[C@@H](Sc1nc2ccccc2s1)c1ccccc1. The van der Waals surface area contributed by atoms with Crippen LogP contribution in [0.1, 0.15) is 21.3 Å². The van der Waals surface area contributed by atoms with Crippen molar-refractivity contribution in [3.63, 3.8) is 0 Å². The molecule has 0 spiro atoms. The minimum Gasteiger partial charge on any atom is -0.301 e. The average Bonchev–Trinajstić information content (AvgIpc) is 3.45. The van der Waals surface area contributed by atoms with E-state index in [1.165, 1.54) is 23.1 Å². The first-order valence-corrected chi connectivity index (χ1v) is 13.1. The molecule has 0 aliphatic rings. The zero-order chi connectivity index (χ0) is 22.6. The molecule has 5 aromatic rings. The average molecular weight is 508 g/mol. The predicted molar refractivity (Wildman–Crippen MR) is 140 cm³/mol. The molecule has 1 amide bonds. The molecular formula is C25H18ClN3OS3. The van der Waals surface area contributed by atoms with Gasteiger partial charge in [0.05, 0.1) is 10.2 Å². The highest BCUT2D eigenvalue weighted by atomic mass is 35.5. The summed E-state index contributed by atoms with van der Waals surface area (Å²) in [6.45, 7) is 0. The highest BCUT2D eigenvalue weighted by Gasteiger charge is 2.24. The van der Waals surface area contributed by atoms with Crippen LogP contribution in [0.4, 0.5) is 5.13 Å². The van der Waals surface area contributed by atoms with E-state index in [9.17, 15) is 4.79 Å². The van der Waals surface area contributed by atoms with Gasteiger partial charge in [0.2, 0.25) is 5.91 Å².